The molecule has 0 spiro atoms. The molecule has 11 heavy (non-hydrogen) atoms. The molecule has 0 bridgehead atoms. The number of Topliss-reactive ketones (excluding diaryl/α,β-unsaturated/α-hetero) is 1. The maximum Gasteiger partial charge on any atom is 0.321 e. The van der Waals surface area contributed by atoms with Gasteiger partial charge in [-0.05, 0) is 0 Å². The van der Waals surface area contributed by atoms with E-state index in [0.717, 1.165) is 0 Å². The minimum atomic E-state index is -0.829. The lowest BCUT2D eigenvalue weighted by atomic mass is 9.72. The predicted molar refractivity (Wildman–Crippen MR) is 36.0 cm³/mol. The summed E-state index contributed by atoms with van der Waals surface area (Å²) in [5, 5.41) is 11.5. The second-order valence-electron chi connectivity index (χ2n) is 3.16. The number of carbonyl (C=O) groups is 2. The highest BCUT2D eigenvalue weighted by Crippen LogP contribution is 2.37. The first kappa shape index (κ1) is 6.79. The molecule has 2 N–H and O–H groups in total. The largest absolute Gasteiger partial charge is 0.480 e. The molecule has 2 fully saturated rings. The topological polar surface area (TPSA) is 66.4 Å². The third kappa shape index (κ3) is 0.790. The van der Waals surface area contributed by atoms with Crippen molar-refractivity contribution in [2.24, 2.45) is 11.8 Å². The summed E-state index contributed by atoms with van der Waals surface area (Å²) in [7, 11) is 0. The van der Waals surface area contributed by atoms with Crippen LogP contribution < -0.4 is 5.32 Å². The number of carbonyl (C=O) groups excluding carboxylic acids is 1. The number of aliphatic carboxylic acids is 1. The fraction of sp³-hybridized carbons (Fsp3) is 0.714. The first-order chi connectivity index (χ1) is 5.20. The van der Waals surface area contributed by atoms with Crippen LogP contribution in [0.3, 0.4) is 0 Å². The third-order valence-electron chi connectivity index (χ3n) is 2.62. The fourth-order valence-electron chi connectivity index (χ4n) is 1.90. The van der Waals surface area contributed by atoms with Crippen LogP contribution in [0.25, 0.3) is 0 Å². The van der Waals surface area contributed by atoms with E-state index in [2.05, 4.69) is 5.32 Å². The van der Waals surface area contributed by atoms with Gasteiger partial charge in [-0.25, -0.2) is 0 Å². The zero-order valence-corrected chi connectivity index (χ0v) is 5.91. The number of nitrogens with one attached hydrogen (secondary N) is 1. The first-order valence-electron chi connectivity index (χ1n) is 3.69. The van der Waals surface area contributed by atoms with Gasteiger partial charge in [-0.2, -0.15) is 0 Å². The van der Waals surface area contributed by atoms with Gasteiger partial charge in [0.2, 0.25) is 0 Å². The summed E-state index contributed by atoms with van der Waals surface area (Å²) in [5.74, 6) is -0.549. The lowest BCUT2D eigenvalue weighted by Gasteiger charge is -2.29. The Hall–Kier alpha value is -0.900. The molecule has 0 radical (unpaired) electrons. The summed E-state index contributed by atoms with van der Waals surface area (Å²) in [4.78, 5) is 21.4. The lowest BCUT2D eigenvalue weighted by Crippen LogP contribution is -2.43. The first-order valence-corrected chi connectivity index (χ1v) is 3.69. The highest BCUT2D eigenvalue weighted by atomic mass is 16.4. The molecule has 0 unspecified atom stereocenters. The van der Waals surface area contributed by atoms with Crippen LogP contribution in [0.2, 0.25) is 0 Å². The Morgan fingerprint density at radius 2 is 2.36 bits per heavy atom. The van der Waals surface area contributed by atoms with E-state index in [0.29, 0.717) is 13.0 Å². The number of hydrogen-bond donors (Lipinski definition) is 2. The van der Waals surface area contributed by atoms with Crippen LogP contribution in [-0.2, 0) is 9.59 Å². The third-order valence-corrected chi connectivity index (χ3v) is 2.62. The maximum atomic E-state index is 10.8. The number of fused-ring (bicyclic) bond motifs is 1. The summed E-state index contributed by atoms with van der Waals surface area (Å²) in [6, 6.07) is -0.474. The molecule has 0 aromatic rings. The SMILES string of the molecule is O=C1C[C@H]2[C@@H]1CN[C@H]2C(=O)O. The van der Waals surface area contributed by atoms with E-state index in [-0.39, 0.29) is 17.6 Å². The normalized spacial score (nSPS) is 41.5. The van der Waals surface area contributed by atoms with Crippen molar-refractivity contribution in [1.29, 1.82) is 0 Å². The zero-order chi connectivity index (χ0) is 8.01. The number of carboxylic acid groups (broad SMARTS) is 1. The zero-order valence-electron chi connectivity index (χ0n) is 5.91. The molecule has 2 aliphatic rings. The van der Waals surface area contributed by atoms with Crippen molar-refractivity contribution in [1.82, 2.24) is 5.32 Å². The average molecular weight is 155 g/mol. The van der Waals surface area contributed by atoms with Gasteiger partial charge in [-0.15, -0.1) is 0 Å². The summed E-state index contributed by atoms with van der Waals surface area (Å²) in [5.41, 5.74) is 0. The molecule has 0 aromatic carbocycles. The Bertz CT molecular complexity index is 226. The molecular weight excluding hydrogens is 146 g/mol. The van der Waals surface area contributed by atoms with Gasteiger partial charge in [0.25, 0.3) is 0 Å². The Kier molecular flexibility index (Phi) is 1.26. The monoisotopic (exact) mass is 155 g/mol. The van der Waals surface area contributed by atoms with Gasteiger partial charge in [0.15, 0.2) is 0 Å². The average Bonchev–Trinajstić information content (AvgIpc) is 2.25. The van der Waals surface area contributed by atoms with Gasteiger partial charge >= 0.3 is 5.97 Å². The minimum Gasteiger partial charge on any atom is -0.480 e. The smallest absolute Gasteiger partial charge is 0.321 e. The van der Waals surface area contributed by atoms with E-state index < -0.39 is 12.0 Å². The Labute approximate surface area is 63.6 Å². The van der Waals surface area contributed by atoms with Crippen molar-refractivity contribution in [2.45, 2.75) is 12.5 Å². The van der Waals surface area contributed by atoms with Crippen LogP contribution in [0.4, 0.5) is 0 Å². The Balaban J connectivity index is 2.09. The number of hydrogen-bond acceptors (Lipinski definition) is 3. The van der Waals surface area contributed by atoms with Crippen LogP contribution in [0.1, 0.15) is 6.42 Å². The van der Waals surface area contributed by atoms with Crippen LogP contribution >= 0.6 is 0 Å². The van der Waals surface area contributed by atoms with E-state index in [4.69, 9.17) is 5.11 Å². The molecule has 0 amide bonds. The van der Waals surface area contributed by atoms with Crippen molar-refractivity contribution in [3.8, 4) is 0 Å². The van der Waals surface area contributed by atoms with E-state index in [1.165, 1.54) is 0 Å². The van der Waals surface area contributed by atoms with Crippen LogP contribution in [-0.4, -0.2) is 29.4 Å². The molecule has 2 rings (SSSR count). The van der Waals surface area contributed by atoms with Gasteiger partial charge < -0.3 is 10.4 Å². The second kappa shape index (κ2) is 2.04. The number of ketones is 1. The molecule has 1 heterocycles. The van der Waals surface area contributed by atoms with Crippen molar-refractivity contribution < 1.29 is 14.7 Å². The Morgan fingerprint density at radius 3 is 2.82 bits per heavy atom. The van der Waals surface area contributed by atoms with E-state index in [1.807, 2.05) is 0 Å². The molecule has 1 aliphatic heterocycles. The summed E-state index contributed by atoms with van der Waals surface area (Å²) in [6.07, 6.45) is 0.453. The van der Waals surface area contributed by atoms with Gasteiger partial charge in [0.05, 0.1) is 0 Å². The molecule has 3 atom stereocenters. The molecule has 1 saturated heterocycles. The van der Waals surface area contributed by atoms with Gasteiger partial charge in [-0.3, -0.25) is 9.59 Å². The summed E-state index contributed by atoms with van der Waals surface area (Å²) < 4.78 is 0. The van der Waals surface area contributed by atoms with Gasteiger partial charge in [-0.1, -0.05) is 0 Å². The molecule has 60 valence electrons. The summed E-state index contributed by atoms with van der Waals surface area (Å²) >= 11 is 0. The van der Waals surface area contributed by atoms with E-state index in [1.54, 1.807) is 0 Å². The molecule has 4 heteroatoms. The number of carboxylic acids is 1. The van der Waals surface area contributed by atoms with E-state index >= 15 is 0 Å². The van der Waals surface area contributed by atoms with Crippen LogP contribution in [0, 0.1) is 11.8 Å². The standard InChI is InChI=1S/C7H9NO3/c9-5-1-3-4(5)2-8-6(3)7(10)11/h3-4,6,8H,1-2H2,(H,10,11)/t3-,4-,6+/m0/s1. The molecular formula is C7H9NO3. The van der Waals surface area contributed by atoms with Crippen molar-refractivity contribution in [3.05, 3.63) is 0 Å². The Morgan fingerprint density at radius 1 is 1.64 bits per heavy atom. The summed E-state index contributed by atoms with van der Waals surface area (Å²) in [6.45, 7) is 0.556. The van der Waals surface area contributed by atoms with Crippen molar-refractivity contribution >= 4 is 11.8 Å². The number of rotatable bonds is 1. The highest BCUT2D eigenvalue weighted by Gasteiger charge is 2.51. The lowest BCUT2D eigenvalue weighted by molar-refractivity contribution is -0.143. The molecule has 0 aromatic heterocycles. The predicted octanol–water partition coefficient (Wildman–Crippen LogP) is -0.752. The van der Waals surface area contributed by atoms with E-state index in [9.17, 15) is 9.59 Å². The maximum absolute atomic E-state index is 10.8. The van der Waals surface area contributed by atoms with Gasteiger partial charge in [0, 0.05) is 24.8 Å². The van der Waals surface area contributed by atoms with Crippen molar-refractivity contribution in [2.75, 3.05) is 6.54 Å². The van der Waals surface area contributed by atoms with Crippen LogP contribution in [0.5, 0.6) is 0 Å². The fourth-order valence-corrected chi connectivity index (χ4v) is 1.90. The highest BCUT2D eigenvalue weighted by molar-refractivity contribution is 5.91. The van der Waals surface area contributed by atoms with Crippen molar-refractivity contribution in [3.63, 3.8) is 0 Å². The molecule has 1 aliphatic carbocycles. The molecule has 4 nitrogen and oxygen atoms in total. The second-order valence-corrected chi connectivity index (χ2v) is 3.16. The minimum absolute atomic E-state index is 0.00361. The molecule has 1 saturated carbocycles. The van der Waals surface area contributed by atoms with Gasteiger partial charge in [0.1, 0.15) is 11.8 Å². The van der Waals surface area contributed by atoms with Crippen LogP contribution in [0.15, 0.2) is 0 Å². The quantitative estimate of drug-likeness (QED) is 0.522.